The van der Waals surface area contributed by atoms with Crippen molar-refractivity contribution < 1.29 is 9.59 Å². The number of carbonyl (C=O) groups excluding carboxylic acids is 2. The molecule has 0 aliphatic rings. The molecule has 0 fully saturated rings. The Hall–Kier alpha value is -3.02. The molecule has 0 bridgehead atoms. The van der Waals surface area contributed by atoms with Gasteiger partial charge in [-0.2, -0.15) is 5.10 Å². The lowest BCUT2D eigenvalue weighted by Gasteiger charge is -2.05. The molecule has 0 radical (unpaired) electrons. The summed E-state index contributed by atoms with van der Waals surface area (Å²) in [5, 5.41) is 7.95. The number of amides is 1. The van der Waals surface area contributed by atoms with Crippen LogP contribution in [0.5, 0.6) is 0 Å². The molecule has 0 unspecified atom stereocenters. The van der Waals surface area contributed by atoms with Crippen LogP contribution in [0.25, 0.3) is 10.9 Å². The van der Waals surface area contributed by atoms with Crippen LogP contribution < -0.4 is 5.32 Å². The van der Waals surface area contributed by atoms with Crippen LogP contribution in [0, 0.1) is 6.92 Å². The van der Waals surface area contributed by atoms with E-state index in [4.69, 9.17) is 0 Å². The molecule has 6 nitrogen and oxygen atoms in total. The second-order valence-electron chi connectivity index (χ2n) is 6.00. The van der Waals surface area contributed by atoms with Gasteiger partial charge < -0.3 is 5.32 Å². The minimum absolute atomic E-state index is 0.0717. The molecule has 2 heterocycles. The normalized spacial score (nSPS) is 10.8. The van der Waals surface area contributed by atoms with Crippen molar-refractivity contribution in [3.8, 4) is 0 Å². The van der Waals surface area contributed by atoms with E-state index in [1.54, 1.807) is 18.6 Å². The first-order valence-corrected chi connectivity index (χ1v) is 8.26. The quantitative estimate of drug-likeness (QED) is 0.751. The number of nitrogens with one attached hydrogen (secondary N) is 1. The van der Waals surface area contributed by atoms with E-state index in [2.05, 4.69) is 15.4 Å². The third kappa shape index (κ3) is 4.29. The second kappa shape index (κ2) is 7.70. The van der Waals surface area contributed by atoms with Gasteiger partial charge in [-0.05, 0) is 37.1 Å². The zero-order valence-corrected chi connectivity index (χ0v) is 14.1. The summed E-state index contributed by atoms with van der Waals surface area (Å²) in [6, 6.07) is 9.59. The summed E-state index contributed by atoms with van der Waals surface area (Å²) in [4.78, 5) is 28.2. The predicted octanol–water partition coefficient (Wildman–Crippen LogP) is 2.87. The van der Waals surface area contributed by atoms with Crippen LogP contribution in [0.1, 0.15) is 35.2 Å². The van der Waals surface area contributed by atoms with Crippen molar-refractivity contribution in [2.75, 3.05) is 0 Å². The van der Waals surface area contributed by atoms with E-state index in [9.17, 15) is 9.59 Å². The van der Waals surface area contributed by atoms with Gasteiger partial charge in [0.05, 0.1) is 11.7 Å². The van der Waals surface area contributed by atoms with Crippen molar-refractivity contribution in [1.82, 2.24) is 20.1 Å². The van der Waals surface area contributed by atoms with Crippen molar-refractivity contribution in [1.29, 1.82) is 0 Å². The Morgan fingerprint density at radius 1 is 1.16 bits per heavy atom. The molecule has 128 valence electrons. The summed E-state index contributed by atoms with van der Waals surface area (Å²) in [5.41, 5.74) is 2.88. The van der Waals surface area contributed by atoms with Crippen LogP contribution in [0.3, 0.4) is 0 Å². The number of hydrogen-bond acceptors (Lipinski definition) is 4. The van der Waals surface area contributed by atoms with Gasteiger partial charge in [-0.3, -0.25) is 14.6 Å². The van der Waals surface area contributed by atoms with E-state index in [1.807, 2.05) is 37.3 Å². The largest absolute Gasteiger partial charge is 0.352 e. The smallest absolute Gasteiger partial charge is 0.247 e. The summed E-state index contributed by atoms with van der Waals surface area (Å²) < 4.78 is 1.42. The van der Waals surface area contributed by atoms with Crippen LogP contribution in [-0.4, -0.2) is 26.6 Å². The molecule has 1 aromatic carbocycles. The Morgan fingerprint density at radius 3 is 2.84 bits per heavy atom. The molecule has 0 saturated carbocycles. The van der Waals surface area contributed by atoms with Crippen LogP contribution >= 0.6 is 0 Å². The van der Waals surface area contributed by atoms with Crippen LogP contribution in [0.2, 0.25) is 0 Å². The molecule has 3 aromatic rings. The van der Waals surface area contributed by atoms with E-state index in [0.29, 0.717) is 19.4 Å². The highest BCUT2D eigenvalue weighted by Gasteiger charge is 2.11. The molecule has 25 heavy (non-hydrogen) atoms. The van der Waals surface area contributed by atoms with E-state index in [1.165, 1.54) is 4.68 Å². The Kier molecular flexibility index (Phi) is 5.18. The van der Waals surface area contributed by atoms with Gasteiger partial charge in [0, 0.05) is 37.2 Å². The van der Waals surface area contributed by atoms with Gasteiger partial charge in [-0.25, -0.2) is 4.68 Å². The zero-order valence-electron chi connectivity index (χ0n) is 14.1. The molecule has 2 aromatic heterocycles. The predicted molar refractivity (Wildman–Crippen MR) is 95.0 cm³/mol. The summed E-state index contributed by atoms with van der Waals surface area (Å²) in [7, 11) is 0. The first kappa shape index (κ1) is 16.8. The minimum Gasteiger partial charge on any atom is -0.352 e. The highest BCUT2D eigenvalue weighted by Crippen LogP contribution is 2.16. The number of hydrogen-bond donors (Lipinski definition) is 1. The van der Waals surface area contributed by atoms with E-state index < -0.39 is 0 Å². The van der Waals surface area contributed by atoms with Crippen molar-refractivity contribution in [3.63, 3.8) is 0 Å². The Bertz CT molecular complexity index is 887. The Balaban J connectivity index is 1.48. The Labute approximate surface area is 145 Å². The summed E-state index contributed by atoms with van der Waals surface area (Å²) in [5.74, 6) is -0.170. The number of carbonyl (C=O) groups is 2. The molecule has 1 amide bonds. The van der Waals surface area contributed by atoms with E-state index in [0.717, 1.165) is 22.0 Å². The topological polar surface area (TPSA) is 76.9 Å². The molecule has 0 spiro atoms. The molecule has 0 aliphatic heterocycles. The number of rotatable bonds is 6. The molecule has 1 N–H and O–H groups in total. The average molecular weight is 336 g/mol. The highest BCUT2D eigenvalue weighted by atomic mass is 16.2. The number of nitrogens with zero attached hydrogens (tertiary/aromatic N) is 3. The summed E-state index contributed by atoms with van der Waals surface area (Å²) in [6.45, 7) is 2.45. The number of aromatic nitrogens is 3. The number of aryl methyl sites for hydroxylation is 1. The first-order valence-electron chi connectivity index (χ1n) is 8.26. The standard InChI is InChI=1S/C19H20N4O2/c1-14-7-8-17-16(10-14)13-22-23(17)19(25)6-2-5-18(24)21-12-15-4-3-9-20-11-15/h3-4,7-11,13H,2,5-6,12H2,1H3,(H,21,24). The SMILES string of the molecule is Cc1ccc2c(cnn2C(=O)CCCC(=O)NCc2cccnc2)c1. The summed E-state index contributed by atoms with van der Waals surface area (Å²) >= 11 is 0. The maximum atomic E-state index is 12.3. The van der Waals surface area contributed by atoms with Gasteiger partial charge in [0.25, 0.3) is 0 Å². The van der Waals surface area contributed by atoms with Gasteiger partial charge in [0.2, 0.25) is 11.8 Å². The van der Waals surface area contributed by atoms with Gasteiger partial charge in [0.15, 0.2) is 0 Å². The maximum Gasteiger partial charge on any atom is 0.247 e. The molecular formula is C19H20N4O2. The van der Waals surface area contributed by atoms with Crippen molar-refractivity contribution >= 4 is 22.7 Å². The second-order valence-corrected chi connectivity index (χ2v) is 6.00. The average Bonchev–Trinajstić information content (AvgIpc) is 3.04. The lowest BCUT2D eigenvalue weighted by atomic mass is 10.2. The fraction of sp³-hybridized carbons (Fsp3) is 0.263. The maximum absolute atomic E-state index is 12.3. The van der Waals surface area contributed by atoms with Gasteiger partial charge in [-0.1, -0.05) is 17.7 Å². The van der Waals surface area contributed by atoms with Crippen LogP contribution in [-0.2, 0) is 11.3 Å². The molecular weight excluding hydrogens is 316 g/mol. The van der Waals surface area contributed by atoms with Gasteiger partial charge in [0.1, 0.15) is 0 Å². The lowest BCUT2D eigenvalue weighted by Crippen LogP contribution is -2.23. The minimum atomic E-state index is -0.0982. The zero-order chi connectivity index (χ0) is 17.6. The van der Waals surface area contributed by atoms with Crippen LogP contribution in [0.4, 0.5) is 0 Å². The molecule has 6 heteroatoms. The third-order valence-electron chi connectivity index (χ3n) is 3.97. The monoisotopic (exact) mass is 336 g/mol. The number of fused-ring (bicyclic) bond motifs is 1. The molecule has 0 atom stereocenters. The molecule has 3 rings (SSSR count). The first-order chi connectivity index (χ1) is 12.1. The number of pyridine rings is 1. The van der Waals surface area contributed by atoms with Gasteiger partial charge in [-0.15, -0.1) is 0 Å². The Morgan fingerprint density at radius 2 is 2.04 bits per heavy atom. The van der Waals surface area contributed by atoms with Gasteiger partial charge >= 0.3 is 0 Å². The van der Waals surface area contributed by atoms with Crippen LogP contribution in [0.15, 0.2) is 48.9 Å². The van der Waals surface area contributed by atoms with E-state index >= 15 is 0 Å². The van der Waals surface area contributed by atoms with Crippen molar-refractivity contribution in [3.05, 3.63) is 60.0 Å². The lowest BCUT2D eigenvalue weighted by molar-refractivity contribution is -0.121. The molecule has 0 aliphatic carbocycles. The summed E-state index contributed by atoms with van der Waals surface area (Å²) in [6.07, 6.45) is 6.19. The third-order valence-corrected chi connectivity index (χ3v) is 3.97. The fourth-order valence-corrected chi connectivity index (χ4v) is 2.65. The fourth-order valence-electron chi connectivity index (χ4n) is 2.65. The van der Waals surface area contributed by atoms with E-state index in [-0.39, 0.29) is 18.2 Å². The van der Waals surface area contributed by atoms with Crippen molar-refractivity contribution in [2.45, 2.75) is 32.7 Å². The highest BCUT2D eigenvalue weighted by molar-refractivity contribution is 5.91. The number of benzene rings is 1. The van der Waals surface area contributed by atoms with Crippen molar-refractivity contribution in [2.24, 2.45) is 0 Å². The molecule has 0 saturated heterocycles.